The molecule has 3 rings (SSSR count). The molecule has 1 aliphatic heterocycles. The third-order valence-corrected chi connectivity index (χ3v) is 3.64. The van der Waals surface area contributed by atoms with E-state index in [1.807, 2.05) is 48.5 Å². The molecule has 0 aromatic heterocycles. The van der Waals surface area contributed by atoms with Gasteiger partial charge in [0.05, 0.1) is 0 Å². The lowest BCUT2D eigenvalue weighted by atomic mass is 9.98. The number of para-hydroxylation sites is 1. The maximum Gasteiger partial charge on any atom is 0.265 e. The van der Waals surface area contributed by atoms with Gasteiger partial charge >= 0.3 is 0 Å². The second kappa shape index (κ2) is 5.81. The number of benzene rings is 2. The molecule has 3 N–H and O–H groups in total. The number of nitrogens with zero attached hydrogens (tertiary/aromatic N) is 1. The summed E-state index contributed by atoms with van der Waals surface area (Å²) < 4.78 is 0. The van der Waals surface area contributed by atoms with Gasteiger partial charge < -0.3 is 4.90 Å². The molecule has 0 aliphatic carbocycles. The third kappa shape index (κ3) is 2.66. The van der Waals surface area contributed by atoms with Crippen LogP contribution >= 0.6 is 0 Å². The van der Waals surface area contributed by atoms with Crippen LogP contribution in [0.15, 0.2) is 60.7 Å². The van der Waals surface area contributed by atoms with Gasteiger partial charge in [0.25, 0.3) is 5.91 Å². The molecule has 1 amide bonds. The lowest BCUT2D eigenvalue weighted by molar-refractivity contribution is -0.115. The number of nitrogens with one attached hydrogen (secondary N) is 1. The van der Waals surface area contributed by atoms with Crippen molar-refractivity contribution in [1.29, 1.82) is 0 Å². The van der Waals surface area contributed by atoms with Crippen molar-refractivity contribution < 1.29 is 4.79 Å². The average Bonchev–Trinajstić information content (AvgIpc) is 2.55. The zero-order valence-electron chi connectivity index (χ0n) is 11.6. The van der Waals surface area contributed by atoms with Crippen LogP contribution in [-0.2, 0) is 11.3 Å². The second-order valence-corrected chi connectivity index (χ2v) is 4.97. The van der Waals surface area contributed by atoms with E-state index in [0.29, 0.717) is 12.1 Å². The summed E-state index contributed by atoms with van der Waals surface area (Å²) >= 11 is 0. The van der Waals surface area contributed by atoms with Gasteiger partial charge in [-0.25, -0.2) is 5.84 Å². The molecule has 0 spiro atoms. The van der Waals surface area contributed by atoms with Crippen molar-refractivity contribution in [3.8, 4) is 0 Å². The highest BCUT2D eigenvalue weighted by Gasteiger charge is 2.22. The lowest BCUT2D eigenvalue weighted by Gasteiger charge is -2.30. The lowest BCUT2D eigenvalue weighted by Crippen LogP contribution is -2.34. The molecule has 1 aliphatic rings. The molecule has 0 fully saturated rings. The van der Waals surface area contributed by atoms with Crippen molar-refractivity contribution in [1.82, 2.24) is 5.43 Å². The fourth-order valence-corrected chi connectivity index (χ4v) is 2.63. The van der Waals surface area contributed by atoms with Gasteiger partial charge in [0.1, 0.15) is 0 Å². The number of fused-ring (bicyclic) bond motifs is 1. The number of carbonyl (C=O) groups is 1. The number of hydrogen-bond donors (Lipinski definition) is 2. The number of anilines is 1. The molecule has 4 nitrogen and oxygen atoms in total. The van der Waals surface area contributed by atoms with Crippen LogP contribution in [0, 0.1) is 0 Å². The molecule has 0 unspecified atom stereocenters. The highest BCUT2D eigenvalue weighted by atomic mass is 16.2. The molecule has 106 valence electrons. The highest BCUT2D eigenvalue weighted by molar-refractivity contribution is 6.21. The van der Waals surface area contributed by atoms with Crippen molar-refractivity contribution in [2.24, 2.45) is 5.84 Å². The maximum absolute atomic E-state index is 11.9. The Morgan fingerprint density at radius 1 is 1.10 bits per heavy atom. The Bertz CT molecular complexity index is 679. The van der Waals surface area contributed by atoms with E-state index in [-0.39, 0.29) is 5.91 Å². The molecular formula is C17H17N3O. The second-order valence-electron chi connectivity index (χ2n) is 4.97. The van der Waals surface area contributed by atoms with E-state index >= 15 is 0 Å². The van der Waals surface area contributed by atoms with Crippen LogP contribution in [0.3, 0.4) is 0 Å². The van der Waals surface area contributed by atoms with Crippen LogP contribution in [0.1, 0.15) is 11.1 Å². The monoisotopic (exact) mass is 279 g/mol. The smallest absolute Gasteiger partial charge is 0.265 e. The van der Waals surface area contributed by atoms with Crippen molar-refractivity contribution >= 4 is 17.2 Å². The number of carbonyl (C=O) groups excluding carboxylic acids is 1. The SMILES string of the molecule is NNC(=O)C1=CCN(Cc2ccccc2)c2ccccc21. The fourth-order valence-electron chi connectivity index (χ4n) is 2.63. The first-order valence-electron chi connectivity index (χ1n) is 6.89. The van der Waals surface area contributed by atoms with Crippen molar-refractivity contribution in [2.45, 2.75) is 6.54 Å². The van der Waals surface area contributed by atoms with Gasteiger partial charge in [0.15, 0.2) is 0 Å². The van der Waals surface area contributed by atoms with Crippen LogP contribution in [-0.4, -0.2) is 12.5 Å². The minimum absolute atomic E-state index is 0.248. The minimum Gasteiger partial charge on any atom is -0.363 e. The Hall–Kier alpha value is -2.59. The number of nitrogens with two attached hydrogens (primary N) is 1. The highest BCUT2D eigenvalue weighted by Crippen LogP contribution is 2.32. The summed E-state index contributed by atoms with van der Waals surface area (Å²) in [6.07, 6.45) is 1.92. The van der Waals surface area contributed by atoms with E-state index < -0.39 is 0 Å². The van der Waals surface area contributed by atoms with E-state index in [2.05, 4.69) is 22.5 Å². The standard InChI is InChI=1S/C17H17N3O/c18-19-17(21)15-10-11-20(12-13-6-2-1-3-7-13)16-9-5-4-8-14(15)16/h1-10H,11-12,18H2,(H,19,21). The summed E-state index contributed by atoms with van der Waals surface area (Å²) in [5.74, 6) is 5.02. The molecule has 2 aromatic rings. The maximum atomic E-state index is 11.9. The Labute approximate surface area is 123 Å². The van der Waals surface area contributed by atoms with Gasteiger partial charge in [0.2, 0.25) is 0 Å². The quantitative estimate of drug-likeness (QED) is 0.514. The molecule has 2 aromatic carbocycles. The first kappa shape index (κ1) is 13.4. The van der Waals surface area contributed by atoms with Crippen LogP contribution in [0.25, 0.3) is 5.57 Å². The van der Waals surface area contributed by atoms with E-state index in [9.17, 15) is 4.79 Å². The summed E-state index contributed by atoms with van der Waals surface area (Å²) in [6.45, 7) is 1.50. The van der Waals surface area contributed by atoms with E-state index in [1.165, 1.54) is 5.56 Å². The van der Waals surface area contributed by atoms with Crippen molar-refractivity contribution in [2.75, 3.05) is 11.4 Å². The van der Waals surface area contributed by atoms with Crippen molar-refractivity contribution in [3.63, 3.8) is 0 Å². The molecule has 0 bridgehead atoms. The first-order valence-corrected chi connectivity index (χ1v) is 6.89. The topological polar surface area (TPSA) is 58.4 Å². The molecule has 0 saturated heterocycles. The van der Waals surface area contributed by atoms with E-state index in [4.69, 9.17) is 5.84 Å². The summed E-state index contributed by atoms with van der Waals surface area (Å²) in [5.41, 5.74) is 6.07. The van der Waals surface area contributed by atoms with Gasteiger partial charge in [-0.2, -0.15) is 0 Å². The predicted octanol–water partition coefficient (Wildman–Crippen LogP) is 2.08. The van der Waals surface area contributed by atoms with Gasteiger partial charge in [0, 0.05) is 29.9 Å². The molecule has 4 heteroatoms. The Kier molecular flexibility index (Phi) is 3.71. The molecule has 21 heavy (non-hydrogen) atoms. The molecule has 1 heterocycles. The van der Waals surface area contributed by atoms with Gasteiger partial charge in [-0.15, -0.1) is 0 Å². The zero-order chi connectivity index (χ0) is 14.7. The van der Waals surface area contributed by atoms with Crippen LogP contribution < -0.4 is 16.2 Å². The molecule has 0 saturated carbocycles. The van der Waals surface area contributed by atoms with Gasteiger partial charge in [-0.1, -0.05) is 54.6 Å². The molecule has 0 atom stereocenters. The fraction of sp³-hybridized carbons (Fsp3) is 0.118. The van der Waals surface area contributed by atoms with Crippen molar-refractivity contribution in [3.05, 3.63) is 71.8 Å². The Morgan fingerprint density at radius 3 is 2.57 bits per heavy atom. The molecular weight excluding hydrogens is 262 g/mol. The minimum atomic E-state index is -0.248. The predicted molar refractivity (Wildman–Crippen MR) is 84.2 cm³/mol. The van der Waals surface area contributed by atoms with Crippen LogP contribution in [0.2, 0.25) is 0 Å². The number of amides is 1. The molecule has 0 radical (unpaired) electrons. The summed E-state index contributed by atoms with van der Waals surface area (Å²) in [7, 11) is 0. The van der Waals surface area contributed by atoms with Crippen LogP contribution in [0.4, 0.5) is 5.69 Å². The Morgan fingerprint density at radius 2 is 1.81 bits per heavy atom. The largest absolute Gasteiger partial charge is 0.363 e. The summed E-state index contributed by atoms with van der Waals surface area (Å²) in [4.78, 5) is 14.1. The van der Waals surface area contributed by atoms with Gasteiger partial charge in [-0.05, 0) is 11.6 Å². The zero-order valence-corrected chi connectivity index (χ0v) is 11.6. The van der Waals surface area contributed by atoms with Crippen LogP contribution in [0.5, 0.6) is 0 Å². The number of hydrazine groups is 1. The third-order valence-electron chi connectivity index (χ3n) is 3.64. The number of rotatable bonds is 3. The normalized spacial score (nSPS) is 13.4. The Balaban J connectivity index is 1.93. The van der Waals surface area contributed by atoms with Gasteiger partial charge in [-0.3, -0.25) is 10.2 Å². The summed E-state index contributed by atoms with van der Waals surface area (Å²) in [5, 5.41) is 0. The first-order chi connectivity index (χ1) is 10.3. The van der Waals surface area contributed by atoms with E-state index in [1.54, 1.807) is 0 Å². The summed E-state index contributed by atoms with van der Waals surface area (Å²) in [6, 6.07) is 18.2. The average molecular weight is 279 g/mol. The van der Waals surface area contributed by atoms with E-state index in [0.717, 1.165) is 17.8 Å². The number of hydrogen-bond acceptors (Lipinski definition) is 3.